The predicted molar refractivity (Wildman–Crippen MR) is 128 cm³/mol. The first kappa shape index (κ1) is 25.0. The van der Waals surface area contributed by atoms with Gasteiger partial charge in [0.2, 0.25) is 11.8 Å². The number of ether oxygens (including phenoxy) is 1. The summed E-state index contributed by atoms with van der Waals surface area (Å²) in [6.45, 7) is 4.74. The molecule has 1 aromatic carbocycles. The number of pyridine rings is 1. The Hall–Kier alpha value is -3.62. The highest BCUT2D eigenvalue weighted by Crippen LogP contribution is 2.29. The number of amides is 3. The van der Waals surface area contributed by atoms with Crippen molar-refractivity contribution in [1.29, 1.82) is 0 Å². The quantitative estimate of drug-likeness (QED) is 0.678. The summed E-state index contributed by atoms with van der Waals surface area (Å²) in [6.07, 6.45) is 3.68. The van der Waals surface area contributed by atoms with Gasteiger partial charge in [0.05, 0.1) is 6.04 Å². The minimum atomic E-state index is -0.685. The van der Waals surface area contributed by atoms with Crippen LogP contribution < -0.4 is 16.2 Å². The van der Waals surface area contributed by atoms with Crippen molar-refractivity contribution >= 4 is 23.6 Å². The molecule has 0 spiro atoms. The lowest BCUT2D eigenvalue weighted by Crippen LogP contribution is -2.40. The Morgan fingerprint density at radius 2 is 1.85 bits per heavy atom. The molecular weight excluding hydrogens is 436 g/mol. The number of likely N-dealkylation sites (N-methyl/N-ethyl adjacent to an activating group) is 1. The molecule has 0 saturated carbocycles. The average molecular weight is 469 g/mol. The van der Waals surface area contributed by atoms with Crippen LogP contribution in [0.15, 0.2) is 47.4 Å². The van der Waals surface area contributed by atoms with E-state index in [1.807, 2.05) is 18.2 Å². The highest BCUT2D eigenvalue weighted by atomic mass is 16.6. The van der Waals surface area contributed by atoms with Crippen molar-refractivity contribution in [3.63, 3.8) is 0 Å². The summed E-state index contributed by atoms with van der Waals surface area (Å²) < 4.78 is 6.47. The van der Waals surface area contributed by atoms with Gasteiger partial charge in [-0.25, -0.2) is 4.79 Å². The van der Waals surface area contributed by atoms with Gasteiger partial charge in [0.1, 0.15) is 24.4 Å². The first-order valence-corrected chi connectivity index (χ1v) is 11.3. The summed E-state index contributed by atoms with van der Waals surface area (Å²) in [5.41, 5.74) is 1.19. The van der Waals surface area contributed by atoms with Crippen LogP contribution in [0.25, 0.3) is 0 Å². The van der Waals surface area contributed by atoms with Gasteiger partial charge in [0.25, 0.3) is 5.56 Å². The van der Waals surface area contributed by atoms with Gasteiger partial charge < -0.3 is 24.8 Å². The lowest BCUT2D eigenvalue weighted by molar-refractivity contribution is -0.122. The summed E-state index contributed by atoms with van der Waals surface area (Å²) >= 11 is 0. The zero-order valence-corrected chi connectivity index (χ0v) is 20.1. The Morgan fingerprint density at radius 1 is 1.12 bits per heavy atom. The first-order valence-electron chi connectivity index (χ1n) is 11.3. The average Bonchev–Trinajstić information content (AvgIpc) is 2.75. The standard InChI is InChI=1S/C25H32N4O5/c1-25(2,3)34-24(33)28(4)15-21(30)27-20-13-8-14-29(23(20)32)16-22(31)26-19-12-7-10-17-9-5-6-11-18(17)19/h5-6,8-9,11,13-14,19H,7,10,12,15-16H2,1-4H3,(H,26,31)(H,27,30). The molecular formula is C25H32N4O5. The second-order valence-corrected chi connectivity index (χ2v) is 9.45. The Labute approximate surface area is 199 Å². The molecule has 1 aliphatic carbocycles. The number of rotatable bonds is 6. The molecule has 1 heterocycles. The van der Waals surface area contributed by atoms with Crippen LogP contribution in [0, 0.1) is 0 Å². The van der Waals surface area contributed by atoms with Crippen LogP contribution >= 0.6 is 0 Å². The molecule has 9 nitrogen and oxygen atoms in total. The summed E-state index contributed by atoms with van der Waals surface area (Å²) in [7, 11) is 1.44. The minimum absolute atomic E-state index is 0.0286. The van der Waals surface area contributed by atoms with Crippen LogP contribution in [0.1, 0.15) is 50.8 Å². The maximum atomic E-state index is 12.8. The monoisotopic (exact) mass is 468 g/mol. The van der Waals surface area contributed by atoms with E-state index in [-0.39, 0.29) is 30.7 Å². The van der Waals surface area contributed by atoms with Gasteiger partial charge >= 0.3 is 6.09 Å². The Balaban J connectivity index is 1.60. The molecule has 9 heteroatoms. The molecule has 2 aromatic rings. The molecule has 3 amide bonds. The van der Waals surface area contributed by atoms with Crippen LogP contribution in [0.3, 0.4) is 0 Å². The van der Waals surface area contributed by atoms with E-state index in [0.717, 1.165) is 29.7 Å². The van der Waals surface area contributed by atoms with E-state index in [2.05, 4.69) is 16.7 Å². The lowest BCUT2D eigenvalue weighted by Gasteiger charge is -2.26. The third-order valence-corrected chi connectivity index (χ3v) is 5.40. The fourth-order valence-electron chi connectivity index (χ4n) is 3.86. The molecule has 1 unspecified atom stereocenters. The molecule has 1 aromatic heterocycles. The first-order chi connectivity index (χ1) is 16.0. The van der Waals surface area contributed by atoms with Crippen molar-refractivity contribution in [2.75, 3.05) is 18.9 Å². The summed E-state index contributed by atoms with van der Waals surface area (Å²) in [4.78, 5) is 51.0. The van der Waals surface area contributed by atoms with Crippen LogP contribution in [-0.4, -0.2) is 46.6 Å². The number of aryl methyl sites for hydroxylation is 1. The second kappa shape index (κ2) is 10.5. The van der Waals surface area contributed by atoms with E-state index in [1.165, 1.54) is 29.4 Å². The van der Waals surface area contributed by atoms with Crippen molar-refractivity contribution in [2.45, 2.75) is 58.2 Å². The van der Waals surface area contributed by atoms with Crippen molar-refractivity contribution < 1.29 is 19.1 Å². The molecule has 1 aliphatic rings. The highest BCUT2D eigenvalue weighted by Gasteiger charge is 2.23. The minimum Gasteiger partial charge on any atom is -0.444 e. The van der Waals surface area contributed by atoms with Gasteiger partial charge in [0, 0.05) is 13.2 Å². The topological polar surface area (TPSA) is 110 Å². The van der Waals surface area contributed by atoms with Crippen molar-refractivity contribution in [2.24, 2.45) is 0 Å². The third-order valence-electron chi connectivity index (χ3n) is 5.40. The van der Waals surface area contributed by atoms with Crippen LogP contribution in [0.4, 0.5) is 10.5 Å². The predicted octanol–water partition coefficient (Wildman–Crippen LogP) is 2.85. The van der Waals surface area contributed by atoms with Gasteiger partial charge in [0.15, 0.2) is 0 Å². The zero-order valence-electron chi connectivity index (χ0n) is 20.1. The fraction of sp³-hybridized carbons (Fsp3) is 0.440. The van der Waals surface area contributed by atoms with Crippen LogP contribution in [0.5, 0.6) is 0 Å². The number of carbonyl (C=O) groups excluding carboxylic acids is 3. The van der Waals surface area contributed by atoms with Crippen molar-refractivity contribution in [3.05, 3.63) is 64.1 Å². The van der Waals surface area contributed by atoms with Gasteiger partial charge in [-0.1, -0.05) is 24.3 Å². The second-order valence-electron chi connectivity index (χ2n) is 9.45. The van der Waals surface area contributed by atoms with E-state index in [1.54, 1.807) is 26.8 Å². The molecule has 0 radical (unpaired) electrons. The molecule has 34 heavy (non-hydrogen) atoms. The molecule has 0 saturated heterocycles. The molecule has 0 fully saturated rings. The lowest BCUT2D eigenvalue weighted by atomic mass is 9.88. The number of anilines is 1. The number of aromatic nitrogens is 1. The van der Waals surface area contributed by atoms with Crippen molar-refractivity contribution in [3.8, 4) is 0 Å². The van der Waals surface area contributed by atoms with Gasteiger partial charge in [-0.3, -0.25) is 14.4 Å². The molecule has 1 atom stereocenters. The SMILES string of the molecule is CN(CC(=O)Nc1cccn(CC(=O)NC2CCCc3ccccc32)c1=O)C(=O)OC(C)(C)C. The van der Waals surface area contributed by atoms with Crippen LogP contribution in [-0.2, 0) is 27.3 Å². The Kier molecular flexibility index (Phi) is 7.75. The van der Waals surface area contributed by atoms with E-state index in [0.29, 0.717) is 0 Å². The smallest absolute Gasteiger partial charge is 0.410 e. The van der Waals surface area contributed by atoms with Gasteiger partial charge in [-0.05, 0) is 63.3 Å². The van der Waals surface area contributed by atoms with Gasteiger partial charge in [-0.15, -0.1) is 0 Å². The number of fused-ring (bicyclic) bond motifs is 1. The molecule has 0 bridgehead atoms. The number of nitrogens with zero attached hydrogens (tertiary/aromatic N) is 2. The van der Waals surface area contributed by atoms with E-state index >= 15 is 0 Å². The van der Waals surface area contributed by atoms with E-state index in [9.17, 15) is 19.2 Å². The Morgan fingerprint density at radius 3 is 2.59 bits per heavy atom. The maximum absolute atomic E-state index is 12.8. The normalized spacial score (nSPS) is 15.1. The fourth-order valence-corrected chi connectivity index (χ4v) is 3.86. The highest BCUT2D eigenvalue weighted by molar-refractivity contribution is 5.93. The third kappa shape index (κ3) is 6.69. The molecule has 3 rings (SSSR count). The van der Waals surface area contributed by atoms with E-state index < -0.39 is 23.2 Å². The van der Waals surface area contributed by atoms with Crippen molar-refractivity contribution in [1.82, 2.24) is 14.8 Å². The number of carbonyl (C=O) groups is 3. The molecule has 0 aliphatic heterocycles. The molecule has 182 valence electrons. The zero-order chi connectivity index (χ0) is 24.9. The number of nitrogens with one attached hydrogen (secondary N) is 2. The number of benzene rings is 1. The number of hydrogen-bond acceptors (Lipinski definition) is 5. The van der Waals surface area contributed by atoms with Crippen LogP contribution in [0.2, 0.25) is 0 Å². The summed E-state index contributed by atoms with van der Waals surface area (Å²) in [6, 6.07) is 11.0. The Bertz CT molecular complexity index is 1120. The number of hydrogen-bond donors (Lipinski definition) is 2. The maximum Gasteiger partial charge on any atom is 0.410 e. The van der Waals surface area contributed by atoms with E-state index in [4.69, 9.17) is 4.74 Å². The summed E-state index contributed by atoms with van der Waals surface area (Å²) in [5, 5.41) is 5.54. The summed E-state index contributed by atoms with van der Waals surface area (Å²) in [5.74, 6) is -0.830. The van der Waals surface area contributed by atoms with Gasteiger partial charge in [-0.2, -0.15) is 0 Å². The molecule has 2 N–H and O–H groups in total. The largest absolute Gasteiger partial charge is 0.444 e.